The number of hydrogen-bond acceptors (Lipinski definition) is 6. The molecule has 1 heterocycles. The Balaban J connectivity index is 1.71. The quantitative estimate of drug-likeness (QED) is 0.605. The number of nitrogens with zero attached hydrogens (tertiary/aromatic N) is 3. The maximum atomic E-state index is 5.96. The largest absolute Gasteiger partial charge is 0.455 e. The molecule has 0 spiro atoms. The van der Waals surface area contributed by atoms with Gasteiger partial charge in [0.25, 0.3) is 0 Å². The molecule has 0 aliphatic carbocycles. The molecule has 0 aliphatic heterocycles. The van der Waals surface area contributed by atoms with E-state index in [9.17, 15) is 0 Å². The molecule has 0 unspecified atom stereocenters. The molecule has 2 aromatic carbocycles. The van der Waals surface area contributed by atoms with Crippen molar-refractivity contribution in [2.24, 2.45) is 5.92 Å². The number of ether oxygens (including phenoxy) is 1. The first-order valence-electron chi connectivity index (χ1n) is 8.73. The van der Waals surface area contributed by atoms with E-state index in [1.54, 1.807) is 6.20 Å². The molecule has 1 aromatic heterocycles. The van der Waals surface area contributed by atoms with Crippen LogP contribution in [0.4, 0.5) is 17.5 Å². The maximum Gasteiger partial charge on any atom is 0.244 e. The second-order valence-corrected chi connectivity index (χ2v) is 6.31. The van der Waals surface area contributed by atoms with E-state index in [-0.39, 0.29) is 0 Å². The van der Waals surface area contributed by atoms with Crippen LogP contribution in [0.1, 0.15) is 20.3 Å². The Morgan fingerprint density at radius 1 is 1.00 bits per heavy atom. The number of para-hydroxylation sites is 3. The van der Waals surface area contributed by atoms with E-state index in [1.165, 1.54) is 0 Å². The smallest absolute Gasteiger partial charge is 0.244 e. The summed E-state index contributed by atoms with van der Waals surface area (Å²) in [6, 6.07) is 17.4. The van der Waals surface area contributed by atoms with Crippen molar-refractivity contribution >= 4 is 17.5 Å². The first kappa shape index (κ1) is 17.7. The molecular formula is C20H23N5O. The summed E-state index contributed by atoms with van der Waals surface area (Å²) in [6.45, 7) is 5.18. The van der Waals surface area contributed by atoms with Crippen LogP contribution >= 0.6 is 0 Å². The Bertz CT molecular complexity index is 823. The van der Waals surface area contributed by atoms with Crippen LogP contribution in [-0.2, 0) is 0 Å². The second-order valence-electron chi connectivity index (χ2n) is 6.31. The average molecular weight is 349 g/mol. The molecule has 0 bridgehead atoms. The van der Waals surface area contributed by atoms with Gasteiger partial charge in [-0.1, -0.05) is 44.2 Å². The molecule has 6 nitrogen and oxygen atoms in total. The van der Waals surface area contributed by atoms with Gasteiger partial charge < -0.3 is 15.4 Å². The van der Waals surface area contributed by atoms with Gasteiger partial charge in [-0.3, -0.25) is 0 Å². The van der Waals surface area contributed by atoms with Crippen LogP contribution in [0.3, 0.4) is 0 Å². The second kappa shape index (κ2) is 8.80. The predicted molar refractivity (Wildman–Crippen MR) is 104 cm³/mol. The lowest BCUT2D eigenvalue weighted by molar-refractivity contribution is 0.485. The van der Waals surface area contributed by atoms with Gasteiger partial charge in [0.15, 0.2) is 11.6 Å². The molecule has 134 valence electrons. The average Bonchev–Trinajstić information content (AvgIpc) is 2.64. The van der Waals surface area contributed by atoms with Crippen LogP contribution in [0.2, 0.25) is 0 Å². The van der Waals surface area contributed by atoms with E-state index in [0.29, 0.717) is 23.4 Å². The Labute approximate surface area is 153 Å². The number of rotatable bonds is 8. The number of aromatic nitrogens is 3. The van der Waals surface area contributed by atoms with E-state index in [0.717, 1.165) is 24.4 Å². The molecule has 0 fully saturated rings. The first-order chi connectivity index (χ1) is 12.7. The Kier molecular flexibility index (Phi) is 5.98. The van der Waals surface area contributed by atoms with Gasteiger partial charge in [0.1, 0.15) is 5.75 Å². The fraction of sp³-hybridized carbons (Fsp3) is 0.250. The Morgan fingerprint density at radius 3 is 2.58 bits per heavy atom. The Morgan fingerprint density at radius 2 is 1.77 bits per heavy atom. The third kappa shape index (κ3) is 5.17. The molecule has 0 saturated heterocycles. The number of hydrogen-bond donors (Lipinski definition) is 2. The van der Waals surface area contributed by atoms with Gasteiger partial charge >= 0.3 is 0 Å². The molecule has 0 aliphatic rings. The van der Waals surface area contributed by atoms with E-state index in [2.05, 4.69) is 39.7 Å². The summed E-state index contributed by atoms with van der Waals surface area (Å²) in [4.78, 5) is 4.46. The topological polar surface area (TPSA) is 72.0 Å². The van der Waals surface area contributed by atoms with Crippen molar-refractivity contribution in [3.8, 4) is 11.5 Å². The van der Waals surface area contributed by atoms with E-state index >= 15 is 0 Å². The molecule has 0 saturated carbocycles. The van der Waals surface area contributed by atoms with Crippen molar-refractivity contribution < 1.29 is 4.74 Å². The minimum absolute atomic E-state index is 0.511. The van der Waals surface area contributed by atoms with Crippen molar-refractivity contribution in [1.82, 2.24) is 15.2 Å². The zero-order valence-corrected chi connectivity index (χ0v) is 15.0. The zero-order valence-electron chi connectivity index (χ0n) is 15.0. The van der Waals surface area contributed by atoms with Crippen LogP contribution in [0.25, 0.3) is 0 Å². The zero-order chi connectivity index (χ0) is 18.2. The van der Waals surface area contributed by atoms with Gasteiger partial charge in [-0.2, -0.15) is 10.1 Å². The van der Waals surface area contributed by atoms with Gasteiger partial charge in [0, 0.05) is 6.54 Å². The molecule has 0 amide bonds. The number of benzene rings is 2. The van der Waals surface area contributed by atoms with E-state index in [4.69, 9.17) is 4.74 Å². The molecule has 6 heteroatoms. The SMILES string of the molecule is CC(C)CCNc1nncc(Nc2ccccc2Oc2ccccc2)n1. The lowest BCUT2D eigenvalue weighted by Crippen LogP contribution is -2.09. The summed E-state index contributed by atoms with van der Waals surface area (Å²) in [7, 11) is 0. The minimum Gasteiger partial charge on any atom is -0.455 e. The summed E-state index contributed by atoms with van der Waals surface area (Å²) in [5, 5.41) is 14.5. The summed E-state index contributed by atoms with van der Waals surface area (Å²) >= 11 is 0. The summed E-state index contributed by atoms with van der Waals surface area (Å²) in [6.07, 6.45) is 2.64. The lowest BCUT2D eigenvalue weighted by Gasteiger charge is -2.13. The van der Waals surface area contributed by atoms with Crippen LogP contribution in [0, 0.1) is 5.92 Å². The molecule has 3 aromatic rings. The van der Waals surface area contributed by atoms with Crippen LogP contribution in [0.15, 0.2) is 60.8 Å². The molecular weight excluding hydrogens is 326 g/mol. The number of anilines is 3. The third-order valence-corrected chi connectivity index (χ3v) is 3.68. The van der Waals surface area contributed by atoms with Crippen molar-refractivity contribution in [3.63, 3.8) is 0 Å². The van der Waals surface area contributed by atoms with E-state index in [1.807, 2.05) is 54.6 Å². The highest BCUT2D eigenvalue weighted by Crippen LogP contribution is 2.30. The van der Waals surface area contributed by atoms with Gasteiger partial charge in [0.05, 0.1) is 11.9 Å². The summed E-state index contributed by atoms with van der Waals surface area (Å²) < 4.78 is 5.96. The van der Waals surface area contributed by atoms with Crippen molar-refractivity contribution in [1.29, 1.82) is 0 Å². The van der Waals surface area contributed by atoms with Gasteiger partial charge in [-0.25, -0.2) is 0 Å². The highest BCUT2D eigenvalue weighted by Gasteiger charge is 2.07. The fourth-order valence-electron chi connectivity index (χ4n) is 2.32. The van der Waals surface area contributed by atoms with Crippen LogP contribution in [0.5, 0.6) is 11.5 Å². The van der Waals surface area contributed by atoms with Gasteiger partial charge in [-0.15, -0.1) is 5.10 Å². The van der Waals surface area contributed by atoms with Crippen LogP contribution < -0.4 is 15.4 Å². The third-order valence-electron chi connectivity index (χ3n) is 3.68. The van der Waals surface area contributed by atoms with Crippen molar-refractivity contribution in [2.75, 3.05) is 17.2 Å². The van der Waals surface area contributed by atoms with Gasteiger partial charge in [-0.05, 0) is 36.6 Å². The molecule has 0 atom stereocenters. The van der Waals surface area contributed by atoms with Crippen molar-refractivity contribution in [3.05, 3.63) is 60.8 Å². The summed E-state index contributed by atoms with van der Waals surface area (Å²) in [5.74, 6) is 3.23. The molecule has 2 N–H and O–H groups in total. The first-order valence-corrected chi connectivity index (χ1v) is 8.73. The maximum absolute atomic E-state index is 5.96. The normalized spacial score (nSPS) is 10.6. The van der Waals surface area contributed by atoms with Crippen LogP contribution in [-0.4, -0.2) is 21.7 Å². The molecule has 26 heavy (non-hydrogen) atoms. The summed E-state index contributed by atoms with van der Waals surface area (Å²) in [5.41, 5.74) is 0.810. The standard InChI is InChI=1S/C20H23N5O/c1-15(2)12-13-21-20-24-19(14-22-25-20)23-17-10-6-7-11-18(17)26-16-8-4-3-5-9-16/h3-11,14-15H,12-13H2,1-2H3,(H2,21,23,24,25). The number of nitrogens with one attached hydrogen (secondary N) is 2. The highest BCUT2D eigenvalue weighted by molar-refractivity contribution is 5.64. The predicted octanol–water partition coefficient (Wildman–Crippen LogP) is 4.87. The monoisotopic (exact) mass is 349 g/mol. The Hall–Kier alpha value is -3.15. The minimum atomic E-state index is 0.511. The lowest BCUT2D eigenvalue weighted by atomic mass is 10.1. The fourth-order valence-corrected chi connectivity index (χ4v) is 2.32. The highest BCUT2D eigenvalue weighted by atomic mass is 16.5. The molecule has 0 radical (unpaired) electrons. The van der Waals surface area contributed by atoms with E-state index < -0.39 is 0 Å². The molecule has 3 rings (SSSR count). The van der Waals surface area contributed by atoms with Gasteiger partial charge in [0.2, 0.25) is 5.95 Å². The van der Waals surface area contributed by atoms with Crippen molar-refractivity contribution in [2.45, 2.75) is 20.3 Å².